The van der Waals surface area contributed by atoms with E-state index in [0.717, 1.165) is 16.5 Å². The number of hydrogen-bond donors (Lipinski definition) is 2. The van der Waals surface area contributed by atoms with Gasteiger partial charge in [-0.2, -0.15) is 0 Å². The van der Waals surface area contributed by atoms with Crippen molar-refractivity contribution in [3.05, 3.63) is 70.8 Å². The lowest BCUT2D eigenvalue weighted by Gasteiger charge is -2.15. The van der Waals surface area contributed by atoms with E-state index < -0.39 is 0 Å². The summed E-state index contributed by atoms with van der Waals surface area (Å²) in [5.74, 6) is 0.224. The lowest BCUT2D eigenvalue weighted by molar-refractivity contribution is -0.136. The molecule has 2 N–H and O–H groups in total. The first kappa shape index (κ1) is 20.3. The Balaban J connectivity index is 1.63. The number of benzene rings is 2. The molecule has 0 aliphatic carbocycles. The molecule has 0 saturated heterocycles. The van der Waals surface area contributed by atoms with Gasteiger partial charge in [-0.05, 0) is 24.1 Å². The van der Waals surface area contributed by atoms with Crippen molar-refractivity contribution in [3.63, 3.8) is 0 Å². The summed E-state index contributed by atoms with van der Waals surface area (Å²) >= 11 is 1.20. The summed E-state index contributed by atoms with van der Waals surface area (Å²) < 4.78 is 5.42. The number of amides is 2. The van der Waals surface area contributed by atoms with Crippen molar-refractivity contribution in [3.8, 4) is 5.75 Å². The van der Waals surface area contributed by atoms with E-state index in [1.807, 2.05) is 42.6 Å². The Labute approximate surface area is 178 Å². The van der Waals surface area contributed by atoms with Crippen LogP contribution in [0.3, 0.4) is 0 Å². The number of imide groups is 1. The summed E-state index contributed by atoms with van der Waals surface area (Å²) in [5, 5.41) is 10.3. The molecule has 154 valence electrons. The second-order valence-electron chi connectivity index (χ2n) is 6.85. The fourth-order valence-electron chi connectivity index (χ4n) is 3.70. The van der Waals surface area contributed by atoms with E-state index in [0.29, 0.717) is 34.0 Å². The van der Waals surface area contributed by atoms with E-state index in [9.17, 15) is 14.7 Å². The Morgan fingerprint density at radius 3 is 2.63 bits per heavy atom. The van der Waals surface area contributed by atoms with Crippen LogP contribution in [-0.4, -0.2) is 52.8 Å². The fourth-order valence-corrected chi connectivity index (χ4v) is 4.57. The molecular weight excluding hydrogens is 400 g/mol. The third kappa shape index (κ3) is 3.62. The fraction of sp³-hybridized carbons (Fsp3) is 0.217. The molecular formula is C23H22N2O4S. The molecule has 7 heteroatoms. The van der Waals surface area contributed by atoms with Gasteiger partial charge in [0, 0.05) is 35.0 Å². The number of aliphatic hydroxyl groups is 1. The standard InChI is InChI=1S/C23H22N2O4S/c1-29-19-9-5-3-7-17(19)20-21(30-13-12-26)23(28)25(22(20)27)11-10-15-14-24-18-8-4-2-6-16(15)18/h2-9,14,24,26H,10-13H2,1H3. The molecule has 0 atom stereocenters. The van der Waals surface area contributed by atoms with Gasteiger partial charge in [-0.3, -0.25) is 14.5 Å². The average molecular weight is 423 g/mol. The van der Waals surface area contributed by atoms with E-state index in [-0.39, 0.29) is 25.0 Å². The number of nitrogens with one attached hydrogen (secondary N) is 1. The van der Waals surface area contributed by atoms with Crippen LogP contribution in [0, 0.1) is 0 Å². The van der Waals surface area contributed by atoms with Crippen LogP contribution in [0.5, 0.6) is 5.75 Å². The molecule has 0 unspecified atom stereocenters. The number of hydrogen-bond acceptors (Lipinski definition) is 5. The number of aromatic nitrogens is 1. The number of para-hydroxylation sites is 2. The van der Waals surface area contributed by atoms with Crippen molar-refractivity contribution in [2.24, 2.45) is 0 Å². The summed E-state index contributed by atoms with van der Waals surface area (Å²) in [6.07, 6.45) is 2.48. The zero-order valence-corrected chi connectivity index (χ0v) is 17.4. The van der Waals surface area contributed by atoms with E-state index in [4.69, 9.17) is 4.74 Å². The van der Waals surface area contributed by atoms with Crippen molar-refractivity contribution in [2.45, 2.75) is 6.42 Å². The zero-order chi connectivity index (χ0) is 21.1. The number of methoxy groups -OCH3 is 1. The van der Waals surface area contributed by atoms with Gasteiger partial charge in [0.25, 0.3) is 11.8 Å². The molecule has 2 amide bonds. The molecule has 4 rings (SSSR count). The maximum atomic E-state index is 13.3. The summed E-state index contributed by atoms with van der Waals surface area (Å²) in [4.78, 5) is 31.3. The van der Waals surface area contributed by atoms with Gasteiger partial charge in [0.1, 0.15) is 5.75 Å². The van der Waals surface area contributed by atoms with Crippen LogP contribution in [0.1, 0.15) is 11.1 Å². The van der Waals surface area contributed by atoms with Crippen LogP contribution in [0.15, 0.2) is 59.6 Å². The van der Waals surface area contributed by atoms with Gasteiger partial charge in [-0.1, -0.05) is 36.4 Å². The predicted octanol–water partition coefficient (Wildman–Crippen LogP) is 3.22. The van der Waals surface area contributed by atoms with Gasteiger partial charge in [0.2, 0.25) is 0 Å². The maximum Gasteiger partial charge on any atom is 0.267 e. The Morgan fingerprint density at radius 2 is 1.83 bits per heavy atom. The van der Waals surface area contributed by atoms with E-state index in [2.05, 4.69) is 4.98 Å². The molecule has 1 aliphatic rings. The van der Waals surface area contributed by atoms with Crippen molar-refractivity contribution in [1.29, 1.82) is 0 Å². The van der Waals surface area contributed by atoms with Gasteiger partial charge in [0.15, 0.2) is 0 Å². The van der Waals surface area contributed by atoms with E-state index >= 15 is 0 Å². The summed E-state index contributed by atoms with van der Waals surface area (Å²) in [7, 11) is 1.54. The van der Waals surface area contributed by atoms with E-state index in [1.54, 1.807) is 12.1 Å². The average Bonchev–Trinajstić information content (AvgIpc) is 3.29. The lowest BCUT2D eigenvalue weighted by atomic mass is 10.0. The van der Waals surface area contributed by atoms with Gasteiger partial charge in [0.05, 0.1) is 24.2 Å². The third-order valence-corrected chi connectivity index (χ3v) is 6.17. The Kier molecular flexibility index (Phi) is 5.92. The van der Waals surface area contributed by atoms with Gasteiger partial charge in [-0.15, -0.1) is 11.8 Å². The summed E-state index contributed by atoms with van der Waals surface area (Å²) in [6, 6.07) is 15.1. The first-order valence-electron chi connectivity index (χ1n) is 9.68. The molecule has 0 spiro atoms. The second-order valence-corrected chi connectivity index (χ2v) is 7.95. The lowest BCUT2D eigenvalue weighted by Crippen LogP contribution is -2.33. The van der Waals surface area contributed by atoms with Crippen LogP contribution in [0.4, 0.5) is 0 Å². The number of rotatable bonds is 8. The van der Waals surface area contributed by atoms with E-state index in [1.165, 1.54) is 23.8 Å². The number of aliphatic hydroxyl groups excluding tert-OH is 1. The molecule has 2 heterocycles. The minimum atomic E-state index is -0.329. The van der Waals surface area contributed by atoms with Gasteiger partial charge >= 0.3 is 0 Å². The molecule has 6 nitrogen and oxygen atoms in total. The number of aromatic amines is 1. The van der Waals surface area contributed by atoms with Crippen molar-refractivity contribution in [2.75, 3.05) is 26.0 Å². The van der Waals surface area contributed by atoms with Crippen LogP contribution in [0.2, 0.25) is 0 Å². The predicted molar refractivity (Wildman–Crippen MR) is 118 cm³/mol. The quantitative estimate of drug-likeness (QED) is 0.545. The summed E-state index contributed by atoms with van der Waals surface area (Å²) in [5.41, 5.74) is 3.02. The minimum absolute atomic E-state index is 0.0792. The van der Waals surface area contributed by atoms with Crippen LogP contribution in [0.25, 0.3) is 16.5 Å². The Bertz CT molecular complexity index is 1130. The van der Waals surface area contributed by atoms with Crippen molar-refractivity contribution < 1.29 is 19.4 Å². The highest BCUT2D eigenvalue weighted by Crippen LogP contribution is 2.39. The summed E-state index contributed by atoms with van der Waals surface area (Å²) in [6.45, 7) is 0.200. The van der Waals surface area contributed by atoms with Crippen molar-refractivity contribution in [1.82, 2.24) is 9.88 Å². The number of ether oxygens (including phenoxy) is 1. The SMILES string of the molecule is COc1ccccc1C1=C(SCCO)C(=O)N(CCc2c[nH]c3ccccc23)C1=O. The maximum absolute atomic E-state index is 13.3. The minimum Gasteiger partial charge on any atom is -0.496 e. The number of carbonyl (C=O) groups is 2. The molecule has 1 aromatic heterocycles. The Hall–Kier alpha value is -3.03. The normalized spacial score (nSPS) is 14.3. The van der Waals surface area contributed by atoms with Crippen LogP contribution in [-0.2, 0) is 16.0 Å². The van der Waals surface area contributed by atoms with Gasteiger partial charge in [-0.25, -0.2) is 0 Å². The molecule has 2 aromatic carbocycles. The second kappa shape index (κ2) is 8.77. The highest BCUT2D eigenvalue weighted by molar-refractivity contribution is 8.04. The number of thioether (sulfide) groups is 1. The number of nitrogens with zero attached hydrogens (tertiary/aromatic N) is 1. The molecule has 1 aliphatic heterocycles. The van der Waals surface area contributed by atoms with Crippen LogP contribution >= 0.6 is 11.8 Å². The number of H-pyrrole nitrogens is 1. The monoisotopic (exact) mass is 422 g/mol. The number of carbonyl (C=O) groups excluding carboxylic acids is 2. The zero-order valence-electron chi connectivity index (χ0n) is 16.6. The molecule has 3 aromatic rings. The third-order valence-electron chi connectivity index (χ3n) is 5.12. The smallest absolute Gasteiger partial charge is 0.267 e. The number of fused-ring (bicyclic) bond motifs is 1. The largest absolute Gasteiger partial charge is 0.496 e. The molecule has 0 saturated carbocycles. The molecule has 0 bridgehead atoms. The first-order chi connectivity index (χ1) is 14.7. The molecule has 30 heavy (non-hydrogen) atoms. The molecule has 0 fully saturated rings. The topological polar surface area (TPSA) is 82.6 Å². The van der Waals surface area contributed by atoms with Gasteiger partial charge < -0.3 is 14.8 Å². The Morgan fingerprint density at radius 1 is 1.07 bits per heavy atom. The highest BCUT2D eigenvalue weighted by atomic mass is 32.2. The highest BCUT2D eigenvalue weighted by Gasteiger charge is 2.39. The van der Waals surface area contributed by atoms with Crippen LogP contribution < -0.4 is 4.74 Å². The van der Waals surface area contributed by atoms with Crippen molar-refractivity contribution >= 4 is 40.1 Å². The first-order valence-corrected chi connectivity index (χ1v) is 10.7. The molecule has 0 radical (unpaired) electrons.